The van der Waals surface area contributed by atoms with Crippen LogP contribution in [0.1, 0.15) is 101 Å². The zero-order chi connectivity index (χ0) is 31.4. The Morgan fingerprint density at radius 2 is 1.12 bits per heavy atom. The second-order valence-electron chi connectivity index (χ2n) is 13.9. The summed E-state index contributed by atoms with van der Waals surface area (Å²) in [5.74, 6) is -0.0399. The van der Waals surface area contributed by atoms with Crippen LogP contribution in [0, 0.1) is 33.5 Å². The van der Waals surface area contributed by atoms with Gasteiger partial charge in [-0.15, -0.1) is 0 Å². The number of hydrogen-bond donors (Lipinski definition) is 4. The molecule has 234 valence electrons. The van der Waals surface area contributed by atoms with Gasteiger partial charge in [0.15, 0.2) is 0 Å². The maximum absolute atomic E-state index is 13.1. The molecule has 0 aromatic carbocycles. The third-order valence-corrected chi connectivity index (χ3v) is 9.11. The van der Waals surface area contributed by atoms with Crippen molar-refractivity contribution in [1.82, 2.24) is 21.3 Å². The summed E-state index contributed by atoms with van der Waals surface area (Å²) in [5.41, 5.74) is 1.19. The summed E-state index contributed by atoms with van der Waals surface area (Å²) >= 11 is 0. The van der Waals surface area contributed by atoms with Gasteiger partial charge in [0.05, 0.1) is 13.2 Å². The summed E-state index contributed by atoms with van der Waals surface area (Å²) in [4.78, 5) is 26.0. The van der Waals surface area contributed by atoms with Crippen molar-refractivity contribution in [3.8, 4) is 0 Å². The molecular weight excluding hydrogens is 500 g/mol. The number of allylic oxidation sites excluding steroid dienone is 2. The first kappa shape index (κ1) is 38.0. The Hall–Kier alpha value is -2.02. The Morgan fingerprint density at radius 3 is 1.50 bits per heavy atom. The molecule has 0 fully saturated rings. The molecule has 0 aromatic heterocycles. The van der Waals surface area contributed by atoms with Crippen molar-refractivity contribution in [3.63, 3.8) is 0 Å². The van der Waals surface area contributed by atoms with Crippen LogP contribution in [-0.2, 0) is 14.3 Å². The highest BCUT2D eigenvalue weighted by molar-refractivity contribution is 5.79. The zero-order valence-corrected chi connectivity index (χ0v) is 28.2. The number of hydrogen-bond acceptors (Lipinski definition) is 5. The summed E-state index contributed by atoms with van der Waals surface area (Å²) in [6.07, 6.45) is 4.02. The third kappa shape index (κ3) is 12.2. The average molecular weight is 565 g/mol. The second kappa shape index (κ2) is 16.4. The first-order valence-electron chi connectivity index (χ1n) is 15.2. The van der Waals surface area contributed by atoms with Crippen LogP contribution in [-0.4, -0.2) is 52.2 Å². The van der Waals surface area contributed by atoms with Crippen LogP contribution in [0.15, 0.2) is 24.6 Å². The van der Waals surface area contributed by atoms with Gasteiger partial charge in [-0.3, -0.25) is 9.59 Å². The number of nitrogens with one attached hydrogen (secondary N) is 4. The van der Waals surface area contributed by atoms with Gasteiger partial charge in [0.25, 0.3) is 0 Å². The van der Waals surface area contributed by atoms with Gasteiger partial charge in [0.2, 0.25) is 11.8 Å². The highest BCUT2D eigenvalue weighted by Gasteiger charge is 2.32. The quantitative estimate of drug-likeness (QED) is 0.137. The minimum Gasteiger partial charge on any atom is -0.391 e. The molecule has 0 bridgehead atoms. The molecule has 40 heavy (non-hydrogen) atoms. The van der Waals surface area contributed by atoms with Crippen LogP contribution >= 0.6 is 0 Å². The van der Waals surface area contributed by atoms with Gasteiger partial charge in [0.1, 0.15) is 0 Å². The molecule has 0 saturated carbocycles. The first-order chi connectivity index (χ1) is 18.4. The van der Waals surface area contributed by atoms with Crippen LogP contribution < -0.4 is 21.3 Å². The number of ether oxygens (including phenoxy) is 1. The number of rotatable bonds is 21. The van der Waals surface area contributed by atoms with E-state index in [1.807, 2.05) is 21.0 Å². The Bertz CT molecular complexity index is 838. The van der Waals surface area contributed by atoms with E-state index in [1.54, 1.807) is 0 Å². The maximum atomic E-state index is 13.1. The molecule has 7 nitrogen and oxygen atoms in total. The molecule has 4 N–H and O–H groups in total. The molecular formula is C33H64N4O3. The average Bonchev–Trinajstić information content (AvgIpc) is 2.91. The highest BCUT2D eigenvalue weighted by Crippen LogP contribution is 2.33. The standard InChI is InChI=1S/C33H64N4O3/c1-15-27(19-31(9,10)26(6)35-14)29(39)37-21-33(12,17-3)23-40-22-32(11,16-2)20-36-28(38)24(4)18-30(7,8)25(5)34-13/h24,27,34-35H,5-6,15-23H2,1-4,7-14H3,(H,36,38)(H,37,39). The molecule has 4 unspecified atom stereocenters. The third-order valence-electron chi connectivity index (χ3n) is 9.11. The Labute approximate surface area is 247 Å². The zero-order valence-electron chi connectivity index (χ0n) is 28.2. The number of carbonyl (C=O) groups excluding carboxylic acids is 2. The largest absolute Gasteiger partial charge is 0.391 e. The van der Waals surface area contributed by atoms with Crippen LogP contribution in [0.2, 0.25) is 0 Å². The molecule has 0 heterocycles. The van der Waals surface area contributed by atoms with E-state index in [-0.39, 0.29) is 45.3 Å². The van der Waals surface area contributed by atoms with Crippen molar-refractivity contribution < 1.29 is 14.3 Å². The normalized spacial score (nSPS) is 16.6. The molecule has 0 spiro atoms. The Morgan fingerprint density at radius 1 is 0.725 bits per heavy atom. The Kier molecular flexibility index (Phi) is 15.6. The van der Waals surface area contributed by atoms with Crippen molar-refractivity contribution >= 4 is 11.8 Å². The fraction of sp³-hybridized carbons (Fsp3) is 0.818. The lowest BCUT2D eigenvalue weighted by Crippen LogP contribution is -2.44. The lowest BCUT2D eigenvalue weighted by atomic mass is 9.79. The van der Waals surface area contributed by atoms with Crippen molar-refractivity contribution in [2.45, 2.75) is 101 Å². The molecule has 0 aliphatic heterocycles. The molecule has 0 saturated heterocycles. The van der Waals surface area contributed by atoms with Crippen molar-refractivity contribution in [3.05, 3.63) is 24.6 Å². The number of carbonyl (C=O) groups is 2. The molecule has 0 aliphatic carbocycles. The lowest BCUT2D eigenvalue weighted by Gasteiger charge is -2.34. The molecule has 0 aromatic rings. The van der Waals surface area contributed by atoms with E-state index in [0.717, 1.165) is 43.5 Å². The fourth-order valence-corrected chi connectivity index (χ4v) is 4.84. The topological polar surface area (TPSA) is 91.5 Å². The lowest BCUT2D eigenvalue weighted by molar-refractivity contribution is -0.126. The van der Waals surface area contributed by atoms with Crippen LogP contribution in [0.5, 0.6) is 0 Å². The summed E-state index contributed by atoms with van der Waals surface area (Å²) < 4.78 is 6.27. The van der Waals surface area contributed by atoms with Crippen molar-refractivity contribution in [1.29, 1.82) is 0 Å². The van der Waals surface area contributed by atoms with Gasteiger partial charge in [-0.1, -0.05) is 82.4 Å². The van der Waals surface area contributed by atoms with E-state index in [0.29, 0.717) is 26.3 Å². The van der Waals surface area contributed by atoms with Gasteiger partial charge in [-0.05, 0) is 32.1 Å². The molecule has 0 aliphatic rings. The minimum atomic E-state index is -0.175. The van der Waals surface area contributed by atoms with Crippen LogP contribution in [0.4, 0.5) is 0 Å². The summed E-state index contributed by atoms with van der Waals surface area (Å²) in [5, 5.41) is 12.6. The van der Waals surface area contributed by atoms with Gasteiger partial charge in [-0.25, -0.2) is 0 Å². The summed E-state index contributed by atoms with van der Waals surface area (Å²) in [6, 6.07) is 0. The highest BCUT2D eigenvalue weighted by atomic mass is 16.5. The Balaban J connectivity index is 4.97. The van der Waals surface area contributed by atoms with Gasteiger partial charge in [-0.2, -0.15) is 0 Å². The smallest absolute Gasteiger partial charge is 0.223 e. The van der Waals surface area contributed by atoms with Gasteiger partial charge in [0, 0.05) is 72.1 Å². The van der Waals surface area contributed by atoms with Crippen LogP contribution in [0.3, 0.4) is 0 Å². The molecule has 4 atom stereocenters. The van der Waals surface area contributed by atoms with Crippen molar-refractivity contribution in [2.75, 3.05) is 40.4 Å². The molecule has 0 radical (unpaired) electrons. The van der Waals surface area contributed by atoms with E-state index in [1.165, 1.54) is 0 Å². The van der Waals surface area contributed by atoms with Gasteiger partial charge < -0.3 is 26.0 Å². The monoisotopic (exact) mass is 564 g/mol. The first-order valence-corrected chi connectivity index (χ1v) is 15.2. The van der Waals surface area contributed by atoms with E-state index >= 15 is 0 Å². The minimum absolute atomic E-state index is 0.0599. The van der Waals surface area contributed by atoms with Crippen molar-refractivity contribution in [2.24, 2.45) is 33.5 Å². The van der Waals surface area contributed by atoms with E-state index in [2.05, 4.69) is 96.7 Å². The van der Waals surface area contributed by atoms with E-state index < -0.39 is 0 Å². The predicted molar refractivity (Wildman–Crippen MR) is 170 cm³/mol. The van der Waals surface area contributed by atoms with E-state index in [9.17, 15) is 9.59 Å². The molecule has 7 heteroatoms. The summed E-state index contributed by atoms with van der Waals surface area (Å²) in [7, 11) is 3.74. The molecule has 0 rings (SSSR count). The van der Waals surface area contributed by atoms with E-state index in [4.69, 9.17) is 4.74 Å². The summed E-state index contributed by atoms with van der Waals surface area (Å²) in [6.45, 7) is 31.5. The van der Waals surface area contributed by atoms with Crippen LogP contribution in [0.25, 0.3) is 0 Å². The van der Waals surface area contributed by atoms with Gasteiger partial charge >= 0.3 is 0 Å². The number of amides is 2. The SMILES string of the molecule is C=C(NC)C(C)(C)CC(C)C(=O)NCC(C)(CC)COCC(C)(CC)CNC(=O)C(CC)CC(C)(C)C(=C)NC. The maximum Gasteiger partial charge on any atom is 0.223 e. The molecule has 2 amide bonds. The predicted octanol–water partition coefficient (Wildman–Crippen LogP) is 6.03. The second-order valence-corrected chi connectivity index (χ2v) is 13.9. The fourth-order valence-electron chi connectivity index (χ4n) is 4.84.